The number of hydrogen-bond acceptors (Lipinski definition) is 10. The van der Waals surface area contributed by atoms with Crippen LogP contribution in [-0.4, -0.2) is 41.8 Å². The van der Waals surface area contributed by atoms with E-state index in [0.717, 1.165) is 13.2 Å². The molecule has 10 heteroatoms. The Balaban J connectivity index is 2.41. The lowest BCUT2D eigenvalue weighted by molar-refractivity contribution is -0.151. The van der Waals surface area contributed by atoms with Gasteiger partial charge >= 0.3 is 23.5 Å². The molecule has 0 unspecified atom stereocenters. The molecule has 2 aromatic rings. The number of methoxy groups -OCH3 is 1. The van der Waals surface area contributed by atoms with Gasteiger partial charge in [-0.2, -0.15) is 0 Å². The van der Waals surface area contributed by atoms with Crippen molar-refractivity contribution in [1.82, 2.24) is 0 Å². The first-order valence-corrected chi connectivity index (χ1v) is 7.79. The van der Waals surface area contributed by atoms with Crippen LogP contribution >= 0.6 is 0 Å². The summed E-state index contributed by atoms with van der Waals surface area (Å²) < 4.78 is 19.5. The smallest absolute Gasteiger partial charge is 0.352 e. The van der Waals surface area contributed by atoms with Crippen molar-refractivity contribution in [3.63, 3.8) is 0 Å². The SMILES string of the molecule is CCOC(=O)Cc1c2c3c(cc(O)c(O)c3oc1=O)C(=O)O[C@H]2C(=O)OC. The standard InChI is InChI=1S/C17H14O10/c1-3-25-9(19)5-7-11-10-6(15(21)27-14(11)17(23)24-2)4-8(18)12(20)13(10)26-16(7)22/h4,14,18,20H,3,5H2,1-2H3/t14-/m1/s1. The van der Waals surface area contributed by atoms with Crippen molar-refractivity contribution in [2.45, 2.75) is 19.4 Å². The summed E-state index contributed by atoms with van der Waals surface area (Å²) in [6.45, 7) is 1.63. The number of phenols is 2. The Morgan fingerprint density at radius 1 is 1.26 bits per heavy atom. The van der Waals surface area contributed by atoms with Gasteiger partial charge in [0.1, 0.15) is 0 Å². The number of aromatic hydroxyl groups is 2. The maximum Gasteiger partial charge on any atom is 0.352 e. The molecule has 2 N–H and O–H groups in total. The third kappa shape index (κ3) is 2.84. The minimum atomic E-state index is -1.66. The van der Waals surface area contributed by atoms with Crippen LogP contribution in [-0.2, 0) is 30.2 Å². The van der Waals surface area contributed by atoms with Crippen LogP contribution < -0.4 is 5.63 Å². The molecule has 1 aromatic carbocycles. The van der Waals surface area contributed by atoms with E-state index in [2.05, 4.69) is 4.74 Å². The maximum absolute atomic E-state index is 12.4. The first-order valence-electron chi connectivity index (χ1n) is 7.79. The molecule has 1 aromatic heterocycles. The van der Waals surface area contributed by atoms with Gasteiger partial charge in [-0.25, -0.2) is 14.4 Å². The van der Waals surface area contributed by atoms with E-state index in [1.54, 1.807) is 6.92 Å². The first-order chi connectivity index (χ1) is 12.8. The zero-order valence-electron chi connectivity index (χ0n) is 14.2. The van der Waals surface area contributed by atoms with Gasteiger partial charge in [-0.15, -0.1) is 0 Å². The number of phenolic OH excluding ortho intramolecular Hbond substituents is 2. The number of esters is 3. The van der Waals surface area contributed by atoms with Crippen LogP contribution in [0, 0.1) is 0 Å². The summed E-state index contributed by atoms with van der Waals surface area (Å²) in [6, 6.07) is 0.908. The zero-order chi connectivity index (χ0) is 19.9. The molecular weight excluding hydrogens is 364 g/mol. The second-order valence-electron chi connectivity index (χ2n) is 5.57. The summed E-state index contributed by atoms with van der Waals surface area (Å²) in [5.74, 6) is -4.30. The molecule has 1 atom stereocenters. The number of hydrogen-bond donors (Lipinski definition) is 2. The highest BCUT2D eigenvalue weighted by atomic mass is 16.6. The van der Waals surface area contributed by atoms with Crippen molar-refractivity contribution < 1.29 is 43.2 Å². The summed E-state index contributed by atoms with van der Waals surface area (Å²) in [4.78, 5) is 48.7. The van der Waals surface area contributed by atoms with Crippen LogP contribution in [0.4, 0.5) is 0 Å². The molecule has 0 aliphatic carbocycles. The summed E-state index contributed by atoms with van der Waals surface area (Å²) in [7, 11) is 1.05. The summed E-state index contributed by atoms with van der Waals surface area (Å²) in [5, 5.41) is 19.7. The molecule has 142 valence electrons. The van der Waals surface area contributed by atoms with E-state index in [1.807, 2.05) is 0 Å². The number of carbonyl (C=O) groups excluding carboxylic acids is 3. The number of benzene rings is 1. The number of rotatable bonds is 4. The summed E-state index contributed by atoms with van der Waals surface area (Å²) >= 11 is 0. The van der Waals surface area contributed by atoms with Gasteiger partial charge in [-0.3, -0.25) is 4.79 Å². The maximum atomic E-state index is 12.4. The lowest BCUT2D eigenvalue weighted by Gasteiger charge is -2.25. The Hall–Kier alpha value is -3.56. The van der Waals surface area contributed by atoms with Gasteiger partial charge in [0.25, 0.3) is 0 Å². The highest BCUT2D eigenvalue weighted by Crippen LogP contribution is 2.43. The third-order valence-corrected chi connectivity index (χ3v) is 4.02. The van der Waals surface area contributed by atoms with E-state index in [1.165, 1.54) is 0 Å². The molecule has 10 nitrogen and oxygen atoms in total. The fourth-order valence-corrected chi connectivity index (χ4v) is 2.89. The van der Waals surface area contributed by atoms with Crippen LogP contribution in [0.2, 0.25) is 0 Å². The van der Waals surface area contributed by atoms with Gasteiger partial charge in [-0.05, 0) is 13.0 Å². The molecule has 0 saturated carbocycles. The minimum Gasteiger partial charge on any atom is -0.504 e. The Morgan fingerprint density at radius 3 is 2.59 bits per heavy atom. The van der Waals surface area contributed by atoms with Crippen molar-refractivity contribution in [2.24, 2.45) is 0 Å². The van der Waals surface area contributed by atoms with E-state index in [-0.39, 0.29) is 28.7 Å². The third-order valence-electron chi connectivity index (χ3n) is 4.02. The van der Waals surface area contributed by atoms with Crippen LogP contribution in [0.25, 0.3) is 11.0 Å². The number of carbonyl (C=O) groups is 3. The minimum absolute atomic E-state index is 0.0579. The molecule has 3 rings (SSSR count). The van der Waals surface area contributed by atoms with Crippen LogP contribution in [0.5, 0.6) is 11.5 Å². The second kappa shape index (κ2) is 6.63. The predicted octanol–water partition coefficient (Wildman–Crippen LogP) is 0.694. The lowest BCUT2D eigenvalue weighted by atomic mass is 9.91. The molecule has 0 spiro atoms. The largest absolute Gasteiger partial charge is 0.504 e. The Bertz CT molecular complexity index is 1030. The first kappa shape index (κ1) is 18.2. The Kier molecular flexibility index (Phi) is 4.48. The summed E-state index contributed by atoms with van der Waals surface area (Å²) in [5.41, 5.74) is -2.27. The van der Waals surface area contributed by atoms with E-state index in [0.29, 0.717) is 0 Å². The van der Waals surface area contributed by atoms with Gasteiger partial charge in [0.05, 0.1) is 31.3 Å². The molecule has 2 heterocycles. The molecule has 1 aliphatic heterocycles. The van der Waals surface area contributed by atoms with E-state index < -0.39 is 53.1 Å². The van der Waals surface area contributed by atoms with E-state index in [4.69, 9.17) is 13.9 Å². The fraction of sp³-hybridized carbons (Fsp3) is 0.294. The van der Waals surface area contributed by atoms with Crippen molar-refractivity contribution in [3.05, 3.63) is 33.2 Å². The second-order valence-corrected chi connectivity index (χ2v) is 5.57. The molecule has 0 radical (unpaired) electrons. The summed E-state index contributed by atoms with van der Waals surface area (Å²) in [6.07, 6.45) is -2.22. The van der Waals surface area contributed by atoms with Gasteiger partial charge < -0.3 is 28.8 Å². The number of cyclic esters (lactones) is 1. The monoisotopic (exact) mass is 378 g/mol. The molecule has 0 fully saturated rings. The Labute approximate surface area is 150 Å². The fourth-order valence-electron chi connectivity index (χ4n) is 2.89. The average Bonchev–Trinajstić information content (AvgIpc) is 2.63. The molecule has 0 saturated heterocycles. The average molecular weight is 378 g/mol. The van der Waals surface area contributed by atoms with Crippen LogP contribution in [0.15, 0.2) is 15.3 Å². The predicted molar refractivity (Wildman–Crippen MR) is 86.3 cm³/mol. The number of ether oxygens (including phenoxy) is 3. The topological polar surface area (TPSA) is 150 Å². The van der Waals surface area contributed by atoms with Crippen LogP contribution in [0.1, 0.15) is 34.5 Å². The molecule has 1 aliphatic rings. The molecule has 27 heavy (non-hydrogen) atoms. The van der Waals surface area contributed by atoms with Gasteiger partial charge in [0.15, 0.2) is 11.3 Å². The van der Waals surface area contributed by atoms with Crippen LogP contribution in [0.3, 0.4) is 0 Å². The molecular formula is C17H14O10. The van der Waals surface area contributed by atoms with E-state index >= 15 is 0 Å². The Morgan fingerprint density at radius 2 is 1.96 bits per heavy atom. The molecule has 0 amide bonds. The van der Waals surface area contributed by atoms with Gasteiger partial charge in [-0.1, -0.05) is 0 Å². The molecule has 0 bridgehead atoms. The lowest BCUT2D eigenvalue weighted by Crippen LogP contribution is -2.30. The van der Waals surface area contributed by atoms with Gasteiger partial charge in [0, 0.05) is 10.9 Å². The zero-order valence-corrected chi connectivity index (χ0v) is 14.2. The van der Waals surface area contributed by atoms with Crippen molar-refractivity contribution in [1.29, 1.82) is 0 Å². The van der Waals surface area contributed by atoms with Gasteiger partial charge in [0.2, 0.25) is 11.9 Å². The van der Waals surface area contributed by atoms with Crippen molar-refractivity contribution in [2.75, 3.05) is 13.7 Å². The van der Waals surface area contributed by atoms with Crippen molar-refractivity contribution >= 4 is 28.9 Å². The van der Waals surface area contributed by atoms with E-state index in [9.17, 15) is 29.4 Å². The quantitative estimate of drug-likeness (QED) is 0.337. The highest BCUT2D eigenvalue weighted by molar-refractivity contribution is 6.11. The highest BCUT2D eigenvalue weighted by Gasteiger charge is 2.40. The normalized spacial score (nSPS) is 15.3. The van der Waals surface area contributed by atoms with Crippen molar-refractivity contribution in [3.8, 4) is 11.5 Å².